The molecule has 0 aliphatic carbocycles. The van der Waals surface area contributed by atoms with E-state index in [2.05, 4.69) is 30.8 Å². The van der Waals surface area contributed by atoms with E-state index in [1.165, 1.54) is 0 Å². The van der Waals surface area contributed by atoms with Gasteiger partial charge in [0.2, 0.25) is 0 Å². The monoisotopic (exact) mass is 468 g/mol. The minimum Gasteiger partial charge on any atom is -0.423 e. The molecule has 0 radical (unpaired) electrons. The first-order chi connectivity index (χ1) is 16.8. The normalized spacial score (nSPS) is 14.5. The highest BCUT2D eigenvalue weighted by atomic mass is 19.1. The lowest BCUT2D eigenvalue weighted by Gasteiger charge is -2.19. The lowest BCUT2D eigenvalue weighted by atomic mass is 9.95. The van der Waals surface area contributed by atoms with Crippen molar-refractivity contribution in [1.29, 1.82) is 0 Å². The molecule has 7 nitrogen and oxygen atoms in total. The summed E-state index contributed by atoms with van der Waals surface area (Å²) in [6, 6.07) is 5.69. The number of rotatable bonds is 4. The molecule has 4 rings (SSSR count). The minimum absolute atomic E-state index is 0.0149. The number of likely N-dealkylation sites (N-methyl/N-ethyl adjacent to an activating group) is 1. The van der Waals surface area contributed by atoms with Crippen molar-refractivity contribution in [3.05, 3.63) is 82.0 Å². The number of amidine groups is 1. The largest absolute Gasteiger partial charge is 0.423 e. The molecule has 0 saturated carbocycles. The molecule has 4 heterocycles. The summed E-state index contributed by atoms with van der Waals surface area (Å²) in [4.78, 5) is 23.7. The van der Waals surface area contributed by atoms with Gasteiger partial charge in [0.1, 0.15) is 17.3 Å². The molecule has 0 bridgehead atoms. The smallest absolute Gasteiger partial charge is 0.322 e. The van der Waals surface area contributed by atoms with Crippen molar-refractivity contribution >= 4 is 17.1 Å². The van der Waals surface area contributed by atoms with Crippen molar-refractivity contribution in [1.82, 2.24) is 24.8 Å². The van der Waals surface area contributed by atoms with Gasteiger partial charge < -0.3 is 9.64 Å². The third-order valence-corrected chi connectivity index (χ3v) is 5.71. The zero-order chi connectivity index (χ0) is 25.3. The fraction of sp³-hybridized carbons (Fsp3) is 0.222. The Morgan fingerprint density at radius 2 is 1.89 bits per heavy atom. The number of aromatic nitrogens is 4. The Kier molecular flexibility index (Phi) is 6.43. The van der Waals surface area contributed by atoms with Gasteiger partial charge in [-0.3, -0.25) is 9.98 Å². The zero-order valence-corrected chi connectivity index (χ0v) is 20.5. The molecule has 0 aromatic carbocycles. The Labute approximate surface area is 204 Å². The van der Waals surface area contributed by atoms with E-state index >= 15 is 0 Å². The van der Waals surface area contributed by atoms with Gasteiger partial charge in [-0.1, -0.05) is 5.57 Å². The number of terminal acetylenes is 1. The number of ether oxygens (including phenoxy) is 1. The average Bonchev–Trinajstić information content (AvgIpc) is 3.13. The molecule has 3 aromatic heterocycles. The lowest BCUT2D eigenvalue weighted by Crippen LogP contribution is -2.21. The summed E-state index contributed by atoms with van der Waals surface area (Å²) in [6.45, 7) is 7.58. The average molecular weight is 469 g/mol. The summed E-state index contributed by atoms with van der Waals surface area (Å²) in [7, 11) is 3.63. The Hall–Kier alpha value is -4.38. The highest BCUT2D eigenvalue weighted by molar-refractivity contribution is 6.25. The Bertz CT molecular complexity index is 1440. The molecule has 0 N–H and O–H groups in total. The Morgan fingerprint density at radius 3 is 2.49 bits per heavy atom. The maximum absolute atomic E-state index is 15.0. The molecular weight excluding hydrogens is 443 g/mol. The molecule has 1 aliphatic heterocycles. The predicted octanol–water partition coefficient (Wildman–Crippen LogP) is 4.97. The van der Waals surface area contributed by atoms with Gasteiger partial charge in [-0.25, -0.2) is 19.3 Å². The van der Waals surface area contributed by atoms with E-state index in [0.29, 0.717) is 22.6 Å². The number of pyridine rings is 2. The number of aliphatic imine (C=N–C) groups is 1. The van der Waals surface area contributed by atoms with Crippen LogP contribution in [0, 0.1) is 32.0 Å². The van der Waals surface area contributed by atoms with Crippen molar-refractivity contribution in [3.8, 4) is 24.1 Å². The Balaban J connectivity index is 1.88. The van der Waals surface area contributed by atoms with Crippen LogP contribution in [0.5, 0.6) is 11.8 Å². The van der Waals surface area contributed by atoms with Crippen molar-refractivity contribution in [2.24, 2.45) is 4.99 Å². The summed E-state index contributed by atoms with van der Waals surface area (Å²) in [5, 5.41) is 0. The van der Waals surface area contributed by atoms with Gasteiger partial charge in [-0.05, 0) is 57.4 Å². The van der Waals surface area contributed by atoms with Crippen molar-refractivity contribution in [2.75, 3.05) is 14.1 Å². The van der Waals surface area contributed by atoms with E-state index in [0.717, 1.165) is 33.9 Å². The topological polar surface area (TPSA) is 76.4 Å². The van der Waals surface area contributed by atoms with Crippen LogP contribution in [-0.2, 0) is 0 Å². The summed E-state index contributed by atoms with van der Waals surface area (Å²) in [5.74, 6) is 3.04. The highest BCUT2D eigenvalue weighted by Crippen LogP contribution is 2.43. The van der Waals surface area contributed by atoms with Gasteiger partial charge in [-0.2, -0.15) is 0 Å². The molecule has 0 fully saturated rings. The number of hydrogen-bond donors (Lipinski definition) is 0. The van der Waals surface area contributed by atoms with Crippen LogP contribution in [0.25, 0.3) is 11.3 Å². The molecule has 0 unspecified atom stereocenters. The second-order valence-corrected chi connectivity index (χ2v) is 8.27. The number of halogens is 1. The second-order valence-electron chi connectivity index (χ2n) is 8.27. The maximum atomic E-state index is 15.0. The van der Waals surface area contributed by atoms with Gasteiger partial charge >= 0.3 is 6.01 Å². The predicted molar refractivity (Wildman–Crippen MR) is 134 cm³/mol. The highest BCUT2D eigenvalue weighted by Gasteiger charge is 2.35. The fourth-order valence-corrected chi connectivity index (χ4v) is 4.06. The van der Waals surface area contributed by atoms with E-state index in [9.17, 15) is 4.39 Å². The fourth-order valence-electron chi connectivity index (χ4n) is 4.06. The minimum atomic E-state index is -0.513. The first kappa shape index (κ1) is 23.8. The molecule has 0 saturated heterocycles. The summed E-state index contributed by atoms with van der Waals surface area (Å²) >= 11 is 0. The van der Waals surface area contributed by atoms with Gasteiger partial charge in [0, 0.05) is 48.9 Å². The summed E-state index contributed by atoms with van der Waals surface area (Å²) < 4.78 is 20.7. The van der Waals surface area contributed by atoms with Gasteiger partial charge in [0.25, 0.3) is 0 Å². The molecule has 0 spiro atoms. The number of hydrogen-bond acceptors (Lipinski definition) is 6. The van der Waals surface area contributed by atoms with Crippen molar-refractivity contribution in [3.63, 3.8) is 0 Å². The van der Waals surface area contributed by atoms with Crippen LogP contribution in [-0.4, -0.2) is 44.8 Å². The van der Waals surface area contributed by atoms with E-state index in [1.54, 1.807) is 44.7 Å². The van der Waals surface area contributed by atoms with Gasteiger partial charge in [0.15, 0.2) is 5.82 Å². The molecule has 0 amide bonds. The van der Waals surface area contributed by atoms with Crippen molar-refractivity contribution in [2.45, 2.75) is 27.7 Å². The molecule has 1 aliphatic rings. The van der Waals surface area contributed by atoms with Gasteiger partial charge in [-0.15, -0.1) is 6.42 Å². The van der Waals surface area contributed by atoms with E-state index < -0.39 is 5.82 Å². The molecule has 3 aromatic rings. The van der Waals surface area contributed by atoms with E-state index in [-0.39, 0.29) is 11.7 Å². The van der Waals surface area contributed by atoms with Crippen LogP contribution < -0.4 is 4.74 Å². The molecular formula is C27H25FN6O. The van der Waals surface area contributed by atoms with E-state index in [4.69, 9.17) is 11.2 Å². The summed E-state index contributed by atoms with van der Waals surface area (Å²) in [6.07, 6.45) is 10.3. The standard InChI is InChI=1S/C27H25FN6O/c1-8-20-24(28)17(5)19(14-32-20)25-23(22(15(2)3)26(29-6)34(25)7)21-10-9-18(13-31-21)35-27-30-12-11-16(4)33-27/h1,9-14H,2-7H3. The Morgan fingerprint density at radius 1 is 1.11 bits per heavy atom. The third kappa shape index (κ3) is 4.28. The number of nitrogens with zero attached hydrogens (tertiary/aromatic N) is 6. The first-order valence-corrected chi connectivity index (χ1v) is 11.0. The molecule has 8 heteroatoms. The number of allylic oxidation sites excluding steroid dienone is 1. The first-order valence-electron chi connectivity index (χ1n) is 11.0. The van der Waals surface area contributed by atoms with Crippen LogP contribution in [0.15, 0.2) is 52.9 Å². The summed E-state index contributed by atoms with van der Waals surface area (Å²) in [5.41, 5.74) is 6.04. The molecule has 35 heavy (non-hydrogen) atoms. The van der Waals surface area contributed by atoms with Crippen LogP contribution in [0.4, 0.5) is 4.39 Å². The quantitative estimate of drug-likeness (QED) is 0.503. The van der Waals surface area contributed by atoms with E-state index in [1.807, 2.05) is 38.8 Å². The van der Waals surface area contributed by atoms with Crippen LogP contribution in [0.2, 0.25) is 0 Å². The van der Waals surface area contributed by atoms with Crippen LogP contribution in [0.1, 0.15) is 42.1 Å². The molecule has 0 atom stereocenters. The second kappa shape index (κ2) is 9.47. The molecule has 176 valence electrons. The zero-order valence-electron chi connectivity index (χ0n) is 20.5. The lowest BCUT2D eigenvalue weighted by molar-refractivity contribution is 0.438. The maximum Gasteiger partial charge on any atom is 0.322 e. The third-order valence-electron chi connectivity index (χ3n) is 5.71. The number of aryl methyl sites for hydroxylation is 1. The SMILES string of the molecule is C#Cc1ncc(C2=C(c3ccc(Oc4nccc(C)n4)cn3)C(=C(C)C)C(=NC)N2C)c(C)c1F. The van der Waals surface area contributed by atoms with Crippen LogP contribution in [0.3, 0.4) is 0 Å². The van der Waals surface area contributed by atoms with Crippen LogP contribution >= 0.6 is 0 Å². The van der Waals surface area contributed by atoms with Gasteiger partial charge in [0.05, 0.1) is 17.6 Å². The van der Waals surface area contributed by atoms with Crippen molar-refractivity contribution < 1.29 is 9.13 Å².